The number of aryl methyl sites for hydroxylation is 1. The first-order chi connectivity index (χ1) is 6.27. The Morgan fingerprint density at radius 2 is 2.00 bits per heavy atom. The standard InChI is InChI=1S/C12H17N/c1-9-5-3-4-6-12(9)10(2)13-11-7-8-11/h3-6,10-11,13H,7-8H2,1-2H3/t10-/m1/s1. The molecule has 0 spiro atoms. The molecule has 0 saturated heterocycles. The van der Waals surface area contributed by atoms with Gasteiger partial charge in [-0.05, 0) is 37.8 Å². The summed E-state index contributed by atoms with van der Waals surface area (Å²) in [5, 5.41) is 3.61. The molecule has 1 atom stereocenters. The molecular weight excluding hydrogens is 158 g/mol. The molecule has 1 fully saturated rings. The average Bonchev–Trinajstić information content (AvgIpc) is 2.89. The maximum Gasteiger partial charge on any atom is 0.0296 e. The van der Waals surface area contributed by atoms with Gasteiger partial charge in [0.05, 0.1) is 0 Å². The zero-order valence-corrected chi connectivity index (χ0v) is 8.38. The van der Waals surface area contributed by atoms with Gasteiger partial charge in [0, 0.05) is 12.1 Å². The van der Waals surface area contributed by atoms with E-state index in [1.165, 1.54) is 24.0 Å². The third-order valence-electron chi connectivity index (χ3n) is 2.72. The lowest BCUT2D eigenvalue weighted by atomic mass is 10.0. The van der Waals surface area contributed by atoms with Crippen LogP contribution in [0.25, 0.3) is 0 Å². The molecule has 1 aliphatic rings. The first-order valence-electron chi connectivity index (χ1n) is 5.09. The van der Waals surface area contributed by atoms with E-state index in [9.17, 15) is 0 Å². The zero-order valence-electron chi connectivity index (χ0n) is 8.38. The van der Waals surface area contributed by atoms with E-state index >= 15 is 0 Å². The molecule has 1 aromatic carbocycles. The molecule has 13 heavy (non-hydrogen) atoms. The van der Waals surface area contributed by atoms with Crippen molar-refractivity contribution >= 4 is 0 Å². The Morgan fingerprint density at radius 3 is 2.62 bits per heavy atom. The van der Waals surface area contributed by atoms with Crippen molar-refractivity contribution in [2.24, 2.45) is 0 Å². The molecule has 0 heterocycles. The van der Waals surface area contributed by atoms with E-state index in [1.807, 2.05) is 0 Å². The fourth-order valence-corrected chi connectivity index (χ4v) is 1.77. The van der Waals surface area contributed by atoms with Crippen LogP contribution >= 0.6 is 0 Å². The van der Waals surface area contributed by atoms with Gasteiger partial charge in [-0.2, -0.15) is 0 Å². The van der Waals surface area contributed by atoms with E-state index in [0.717, 1.165) is 6.04 Å². The molecule has 1 nitrogen and oxygen atoms in total. The Hall–Kier alpha value is -0.820. The number of hydrogen-bond donors (Lipinski definition) is 1. The average molecular weight is 175 g/mol. The topological polar surface area (TPSA) is 12.0 Å². The van der Waals surface area contributed by atoms with Crippen LogP contribution in [0.2, 0.25) is 0 Å². The first-order valence-corrected chi connectivity index (χ1v) is 5.09. The summed E-state index contributed by atoms with van der Waals surface area (Å²) in [5.41, 5.74) is 2.83. The van der Waals surface area contributed by atoms with Crippen LogP contribution in [0.15, 0.2) is 24.3 Å². The Kier molecular flexibility index (Phi) is 2.36. The lowest BCUT2D eigenvalue weighted by Crippen LogP contribution is -2.21. The third kappa shape index (κ3) is 2.10. The van der Waals surface area contributed by atoms with Crippen LogP contribution in [0.1, 0.15) is 36.9 Å². The summed E-state index contributed by atoms with van der Waals surface area (Å²) in [6.07, 6.45) is 2.71. The summed E-state index contributed by atoms with van der Waals surface area (Å²) < 4.78 is 0. The molecule has 2 rings (SSSR count). The molecule has 0 aliphatic heterocycles. The van der Waals surface area contributed by atoms with E-state index in [4.69, 9.17) is 0 Å². The predicted molar refractivity (Wildman–Crippen MR) is 55.8 cm³/mol. The predicted octanol–water partition coefficient (Wildman–Crippen LogP) is 2.81. The van der Waals surface area contributed by atoms with Crippen LogP contribution in [0.3, 0.4) is 0 Å². The largest absolute Gasteiger partial charge is 0.307 e. The molecule has 1 aliphatic carbocycles. The summed E-state index contributed by atoms with van der Waals surface area (Å²) in [6.45, 7) is 4.43. The molecule has 0 amide bonds. The highest BCUT2D eigenvalue weighted by Gasteiger charge is 2.23. The molecule has 0 radical (unpaired) electrons. The Bertz CT molecular complexity index is 289. The molecule has 70 valence electrons. The highest BCUT2D eigenvalue weighted by Crippen LogP contribution is 2.25. The summed E-state index contributed by atoms with van der Waals surface area (Å²) in [4.78, 5) is 0. The summed E-state index contributed by atoms with van der Waals surface area (Å²) >= 11 is 0. The first kappa shape index (κ1) is 8.76. The van der Waals surface area contributed by atoms with Gasteiger partial charge in [-0.15, -0.1) is 0 Å². The van der Waals surface area contributed by atoms with E-state index in [0.29, 0.717) is 6.04 Å². The fourth-order valence-electron chi connectivity index (χ4n) is 1.77. The van der Waals surface area contributed by atoms with Crippen molar-refractivity contribution in [1.29, 1.82) is 0 Å². The second-order valence-electron chi connectivity index (χ2n) is 4.02. The number of benzene rings is 1. The van der Waals surface area contributed by atoms with Crippen molar-refractivity contribution in [1.82, 2.24) is 5.32 Å². The van der Waals surface area contributed by atoms with Crippen molar-refractivity contribution < 1.29 is 0 Å². The van der Waals surface area contributed by atoms with E-state index in [1.54, 1.807) is 0 Å². The summed E-state index contributed by atoms with van der Waals surface area (Å²) in [5.74, 6) is 0. The molecule has 1 heteroatoms. The highest BCUT2D eigenvalue weighted by atomic mass is 15.0. The van der Waals surface area contributed by atoms with Gasteiger partial charge in [0.1, 0.15) is 0 Å². The van der Waals surface area contributed by atoms with Crippen LogP contribution in [-0.4, -0.2) is 6.04 Å². The monoisotopic (exact) mass is 175 g/mol. The molecule has 1 saturated carbocycles. The maximum atomic E-state index is 3.61. The normalized spacial score (nSPS) is 18.6. The minimum Gasteiger partial charge on any atom is -0.307 e. The van der Waals surface area contributed by atoms with Crippen molar-refractivity contribution in [3.8, 4) is 0 Å². The maximum absolute atomic E-state index is 3.61. The number of hydrogen-bond acceptors (Lipinski definition) is 1. The second kappa shape index (κ2) is 3.51. The van der Waals surface area contributed by atoms with Gasteiger partial charge < -0.3 is 5.32 Å². The van der Waals surface area contributed by atoms with Crippen LogP contribution in [0.5, 0.6) is 0 Å². The van der Waals surface area contributed by atoms with Gasteiger partial charge in [0.15, 0.2) is 0 Å². The van der Waals surface area contributed by atoms with Gasteiger partial charge >= 0.3 is 0 Å². The fraction of sp³-hybridized carbons (Fsp3) is 0.500. The SMILES string of the molecule is Cc1ccccc1[C@@H](C)NC1CC1. The molecule has 1 aromatic rings. The van der Waals surface area contributed by atoms with Crippen molar-refractivity contribution in [3.63, 3.8) is 0 Å². The van der Waals surface area contributed by atoms with Crippen molar-refractivity contribution in [2.45, 2.75) is 38.8 Å². The van der Waals surface area contributed by atoms with Crippen LogP contribution in [0, 0.1) is 6.92 Å². The molecule has 0 bridgehead atoms. The second-order valence-corrected chi connectivity index (χ2v) is 4.02. The number of rotatable bonds is 3. The van der Waals surface area contributed by atoms with E-state index in [2.05, 4.69) is 43.4 Å². The molecule has 0 unspecified atom stereocenters. The molecule has 0 aromatic heterocycles. The lowest BCUT2D eigenvalue weighted by molar-refractivity contribution is 0.569. The van der Waals surface area contributed by atoms with Gasteiger partial charge in [-0.3, -0.25) is 0 Å². The summed E-state index contributed by atoms with van der Waals surface area (Å²) in [6, 6.07) is 9.91. The smallest absolute Gasteiger partial charge is 0.0296 e. The van der Waals surface area contributed by atoms with Crippen LogP contribution < -0.4 is 5.32 Å². The van der Waals surface area contributed by atoms with E-state index < -0.39 is 0 Å². The Labute approximate surface area is 80.2 Å². The quantitative estimate of drug-likeness (QED) is 0.745. The molecular formula is C12H17N. The van der Waals surface area contributed by atoms with Gasteiger partial charge in [0.2, 0.25) is 0 Å². The van der Waals surface area contributed by atoms with Crippen LogP contribution in [-0.2, 0) is 0 Å². The lowest BCUT2D eigenvalue weighted by Gasteiger charge is -2.15. The minimum atomic E-state index is 0.508. The third-order valence-corrected chi connectivity index (χ3v) is 2.72. The van der Waals surface area contributed by atoms with Crippen molar-refractivity contribution in [3.05, 3.63) is 35.4 Å². The van der Waals surface area contributed by atoms with Gasteiger partial charge in [-0.1, -0.05) is 24.3 Å². The molecule has 1 N–H and O–H groups in total. The minimum absolute atomic E-state index is 0.508. The highest BCUT2D eigenvalue weighted by molar-refractivity contribution is 5.28. The van der Waals surface area contributed by atoms with Gasteiger partial charge in [0.25, 0.3) is 0 Å². The Balaban J connectivity index is 2.09. The van der Waals surface area contributed by atoms with Crippen LogP contribution in [0.4, 0.5) is 0 Å². The Morgan fingerprint density at radius 1 is 1.31 bits per heavy atom. The van der Waals surface area contributed by atoms with Crippen molar-refractivity contribution in [2.75, 3.05) is 0 Å². The zero-order chi connectivity index (χ0) is 9.26. The van der Waals surface area contributed by atoms with E-state index in [-0.39, 0.29) is 0 Å². The summed E-state index contributed by atoms with van der Waals surface area (Å²) in [7, 11) is 0. The number of nitrogens with one attached hydrogen (secondary N) is 1. The van der Waals surface area contributed by atoms with Gasteiger partial charge in [-0.25, -0.2) is 0 Å².